The van der Waals surface area contributed by atoms with Gasteiger partial charge in [-0.25, -0.2) is 0 Å². The van der Waals surface area contributed by atoms with Crippen LogP contribution in [0.1, 0.15) is 57.0 Å². The van der Waals surface area contributed by atoms with E-state index in [4.69, 9.17) is 0 Å². The highest BCUT2D eigenvalue weighted by Crippen LogP contribution is 2.51. The molecule has 0 unspecified atom stereocenters. The van der Waals surface area contributed by atoms with Crippen LogP contribution in [0.25, 0.3) is 0 Å². The Morgan fingerprint density at radius 2 is 0.829 bits per heavy atom. The number of phenolic OH excluding ortho intramolecular Hbond substituents is 2. The van der Waals surface area contributed by atoms with Crippen molar-refractivity contribution in [1.29, 1.82) is 0 Å². The van der Waals surface area contributed by atoms with Crippen LogP contribution in [-0.4, -0.2) is 46.0 Å². The second-order valence-electron chi connectivity index (χ2n) is 8.71. The summed E-state index contributed by atoms with van der Waals surface area (Å²) in [5.41, 5.74) is -0.418. The lowest BCUT2D eigenvalue weighted by molar-refractivity contribution is 0.263. The Kier molecular flexibility index (Phi) is 7.18. The largest absolute Gasteiger partial charge is 0.507 e. The molecule has 3 aromatic carbocycles. The van der Waals surface area contributed by atoms with Crippen molar-refractivity contribution in [3.63, 3.8) is 0 Å². The predicted octanol–water partition coefficient (Wildman–Crippen LogP) is 2.15. The second-order valence-corrected chi connectivity index (χ2v) is 8.71. The van der Waals surface area contributed by atoms with Gasteiger partial charge in [0, 0.05) is 49.9 Å². The molecule has 0 aliphatic carbocycles. The molecule has 35 heavy (non-hydrogen) atoms. The Morgan fingerprint density at radius 1 is 0.514 bits per heavy atom. The first-order chi connectivity index (χ1) is 16.5. The number of rotatable bonds is 7. The average molecular weight is 487 g/mol. The Hall–Kier alpha value is -3.50. The smallest absolute Gasteiger partial charge is 0.127 e. The van der Waals surface area contributed by atoms with Gasteiger partial charge in [0.25, 0.3) is 0 Å². The first-order valence-electron chi connectivity index (χ1n) is 10.9. The van der Waals surface area contributed by atoms with Crippen molar-refractivity contribution >= 4 is 0 Å². The number of benzene rings is 3. The summed E-state index contributed by atoms with van der Waals surface area (Å²) in [6, 6.07) is 5.61. The molecule has 9 N–H and O–H groups in total. The summed E-state index contributed by atoms with van der Waals surface area (Å²) < 4.78 is 0. The first-order valence-corrected chi connectivity index (χ1v) is 10.9. The van der Waals surface area contributed by atoms with E-state index in [1.165, 1.54) is 38.1 Å². The average Bonchev–Trinajstić information content (AvgIpc) is 2.86. The summed E-state index contributed by atoms with van der Waals surface area (Å²) in [5, 5.41) is 92.8. The Morgan fingerprint density at radius 3 is 1.14 bits per heavy atom. The van der Waals surface area contributed by atoms with Gasteiger partial charge in [0.1, 0.15) is 28.7 Å². The summed E-state index contributed by atoms with van der Waals surface area (Å²) in [7, 11) is 0. The third kappa shape index (κ3) is 4.02. The first kappa shape index (κ1) is 26.1. The van der Waals surface area contributed by atoms with Crippen molar-refractivity contribution in [1.82, 2.24) is 0 Å². The number of hydrogen-bond acceptors (Lipinski definition) is 9. The van der Waals surface area contributed by atoms with E-state index in [-0.39, 0.29) is 73.3 Å². The number of hydrogen-bond donors (Lipinski definition) is 9. The van der Waals surface area contributed by atoms with Gasteiger partial charge < -0.3 is 46.0 Å². The van der Waals surface area contributed by atoms with Crippen molar-refractivity contribution in [2.24, 2.45) is 0 Å². The highest BCUT2D eigenvalue weighted by molar-refractivity contribution is 5.67. The maximum atomic E-state index is 11.1. The summed E-state index contributed by atoms with van der Waals surface area (Å²) in [4.78, 5) is 0. The standard InChI is InChI=1S/C26H30O9/c1-12-21(31)16(10-29)6-19(23(12)33)26(3,18-4-14(8-27)25(35)15(5-18)9-28)20-7-17(11-30)22(32)13(2)24(20)34/h4-7,27-35H,8-11H2,1-3H3. The zero-order chi connectivity index (χ0) is 26.2. The normalized spacial score (nSPS) is 11.7. The fourth-order valence-electron chi connectivity index (χ4n) is 4.48. The third-order valence-corrected chi connectivity index (χ3v) is 6.78. The molecule has 3 aromatic rings. The number of phenols is 5. The van der Waals surface area contributed by atoms with Crippen LogP contribution in [0.4, 0.5) is 0 Å². The number of aliphatic hydroxyl groups excluding tert-OH is 4. The van der Waals surface area contributed by atoms with E-state index >= 15 is 0 Å². The van der Waals surface area contributed by atoms with Gasteiger partial charge in [-0.2, -0.15) is 0 Å². The minimum absolute atomic E-state index is 0.0682. The monoisotopic (exact) mass is 486 g/mol. The quantitative estimate of drug-likeness (QED) is 0.226. The topological polar surface area (TPSA) is 182 Å². The second kappa shape index (κ2) is 9.63. The van der Waals surface area contributed by atoms with Crippen LogP contribution in [0, 0.1) is 13.8 Å². The summed E-state index contributed by atoms with van der Waals surface area (Å²) in [5.74, 6) is -1.62. The zero-order valence-electron chi connectivity index (χ0n) is 19.7. The Bertz CT molecular complexity index is 1190. The van der Waals surface area contributed by atoms with E-state index in [2.05, 4.69) is 0 Å². The van der Waals surface area contributed by atoms with Gasteiger partial charge in [-0.3, -0.25) is 0 Å². The van der Waals surface area contributed by atoms with E-state index in [1.54, 1.807) is 6.92 Å². The molecule has 9 nitrogen and oxygen atoms in total. The van der Waals surface area contributed by atoms with Crippen molar-refractivity contribution in [2.45, 2.75) is 52.6 Å². The molecule has 0 radical (unpaired) electrons. The summed E-state index contributed by atoms with van der Waals surface area (Å²) >= 11 is 0. The minimum atomic E-state index is -1.50. The maximum Gasteiger partial charge on any atom is 0.127 e. The molecule has 0 spiro atoms. The molecule has 0 amide bonds. The Balaban J connectivity index is 2.58. The van der Waals surface area contributed by atoms with Crippen LogP contribution < -0.4 is 0 Å². The van der Waals surface area contributed by atoms with E-state index in [1.807, 2.05) is 0 Å². The molecular weight excluding hydrogens is 456 g/mol. The van der Waals surface area contributed by atoms with Crippen molar-refractivity contribution in [3.05, 3.63) is 74.3 Å². The van der Waals surface area contributed by atoms with Gasteiger partial charge in [0.05, 0.1) is 26.4 Å². The van der Waals surface area contributed by atoms with E-state index in [0.29, 0.717) is 5.56 Å². The lowest BCUT2D eigenvalue weighted by Gasteiger charge is -2.35. The fourth-order valence-corrected chi connectivity index (χ4v) is 4.48. The van der Waals surface area contributed by atoms with Crippen molar-refractivity contribution < 1.29 is 46.0 Å². The molecule has 0 bridgehead atoms. The highest BCUT2D eigenvalue weighted by atomic mass is 16.3. The molecule has 0 saturated carbocycles. The molecule has 0 saturated heterocycles. The molecule has 0 aromatic heterocycles. The molecule has 0 heterocycles. The SMILES string of the molecule is Cc1c(O)c(CO)cc(C(C)(c2cc(CO)c(O)c(CO)c2)c2cc(CO)c(O)c(C)c2O)c1O. The summed E-state index contributed by atoms with van der Waals surface area (Å²) in [6.07, 6.45) is 0. The van der Waals surface area contributed by atoms with Crippen molar-refractivity contribution in [2.75, 3.05) is 0 Å². The van der Waals surface area contributed by atoms with Crippen LogP contribution in [0.5, 0.6) is 28.7 Å². The molecule has 0 atom stereocenters. The molecule has 0 aliphatic rings. The Labute approximate surface area is 202 Å². The van der Waals surface area contributed by atoms with Crippen LogP contribution in [0.2, 0.25) is 0 Å². The van der Waals surface area contributed by atoms with Crippen LogP contribution in [0.15, 0.2) is 24.3 Å². The predicted molar refractivity (Wildman–Crippen MR) is 126 cm³/mol. The minimum Gasteiger partial charge on any atom is -0.507 e. The third-order valence-electron chi connectivity index (χ3n) is 6.78. The zero-order valence-corrected chi connectivity index (χ0v) is 19.7. The maximum absolute atomic E-state index is 11.1. The van der Waals surface area contributed by atoms with E-state index in [0.717, 1.165) is 0 Å². The number of aliphatic hydroxyl groups is 4. The summed E-state index contributed by atoms with van der Waals surface area (Å²) in [6.45, 7) is 2.24. The van der Waals surface area contributed by atoms with Gasteiger partial charge in [-0.1, -0.05) is 0 Å². The van der Waals surface area contributed by atoms with Gasteiger partial charge in [-0.05, 0) is 50.6 Å². The molecule has 188 valence electrons. The van der Waals surface area contributed by atoms with Crippen LogP contribution in [-0.2, 0) is 31.8 Å². The highest BCUT2D eigenvalue weighted by Gasteiger charge is 2.39. The van der Waals surface area contributed by atoms with E-state index in [9.17, 15) is 46.0 Å². The molecule has 3 rings (SSSR count). The van der Waals surface area contributed by atoms with Gasteiger partial charge >= 0.3 is 0 Å². The van der Waals surface area contributed by atoms with Gasteiger partial charge in [0.2, 0.25) is 0 Å². The van der Waals surface area contributed by atoms with Gasteiger partial charge in [-0.15, -0.1) is 0 Å². The molecule has 9 heteroatoms. The number of aromatic hydroxyl groups is 5. The molecule has 0 aliphatic heterocycles. The molecular formula is C26H30O9. The fraction of sp³-hybridized carbons (Fsp3) is 0.308. The molecule has 0 fully saturated rings. The lowest BCUT2D eigenvalue weighted by Crippen LogP contribution is -2.27. The lowest BCUT2D eigenvalue weighted by atomic mass is 9.68. The van der Waals surface area contributed by atoms with E-state index < -0.39 is 31.8 Å². The van der Waals surface area contributed by atoms with Gasteiger partial charge in [0.15, 0.2) is 0 Å². The van der Waals surface area contributed by atoms with Crippen molar-refractivity contribution in [3.8, 4) is 28.7 Å². The van der Waals surface area contributed by atoms with Crippen LogP contribution >= 0.6 is 0 Å². The van der Waals surface area contributed by atoms with Crippen LogP contribution in [0.3, 0.4) is 0 Å².